The minimum atomic E-state index is 0.0853. The van der Waals surface area contributed by atoms with E-state index in [9.17, 15) is 4.79 Å². The number of pyridine rings is 1. The van der Waals surface area contributed by atoms with Crippen LogP contribution in [0, 0.1) is 6.92 Å². The fourth-order valence-corrected chi connectivity index (χ4v) is 3.27. The van der Waals surface area contributed by atoms with Gasteiger partial charge in [0, 0.05) is 35.2 Å². The van der Waals surface area contributed by atoms with E-state index in [0.717, 1.165) is 41.9 Å². The van der Waals surface area contributed by atoms with Crippen LogP contribution in [0.2, 0.25) is 0 Å². The minimum Gasteiger partial charge on any atom is -0.494 e. The molecule has 0 fully saturated rings. The van der Waals surface area contributed by atoms with E-state index in [2.05, 4.69) is 28.9 Å². The minimum absolute atomic E-state index is 0.0853. The highest BCUT2D eigenvalue weighted by molar-refractivity contribution is 5.81. The Bertz CT molecular complexity index is 948. The summed E-state index contributed by atoms with van der Waals surface area (Å²) in [6, 6.07) is 16.0. The Kier molecular flexibility index (Phi) is 6.30. The van der Waals surface area contributed by atoms with E-state index in [1.54, 1.807) is 0 Å². The zero-order valence-electron chi connectivity index (χ0n) is 16.4. The molecule has 0 saturated carbocycles. The largest absolute Gasteiger partial charge is 0.494 e. The SMILES string of the molecule is CCCCOc1ccc2[nH]c(C)c(CN(C)Cc3ccccc3)c(=O)c2c1. The summed E-state index contributed by atoms with van der Waals surface area (Å²) < 4.78 is 5.78. The van der Waals surface area contributed by atoms with E-state index in [-0.39, 0.29) is 5.43 Å². The maximum atomic E-state index is 13.1. The number of aromatic nitrogens is 1. The molecule has 0 aliphatic heterocycles. The zero-order chi connectivity index (χ0) is 19.2. The van der Waals surface area contributed by atoms with Gasteiger partial charge in [0.2, 0.25) is 0 Å². The first-order chi connectivity index (χ1) is 13.1. The molecular weight excluding hydrogens is 336 g/mol. The van der Waals surface area contributed by atoms with Gasteiger partial charge >= 0.3 is 0 Å². The molecule has 142 valence electrons. The average molecular weight is 364 g/mol. The number of fused-ring (bicyclic) bond motifs is 1. The summed E-state index contributed by atoms with van der Waals surface area (Å²) in [5.41, 5.74) is 3.91. The number of nitrogens with one attached hydrogen (secondary N) is 1. The van der Waals surface area contributed by atoms with Crippen molar-refractivity contribution in [1.82, 2.24) is 9.88 Å². The van der Waals surface area contributed by atoms with Crippen molar-refractivity contribution in [3.05, 3.63) is 75.6 Å². The Morgan fingerprint density at radius 2 is 1.85 bits per heavy atom. The number of rotatable bonds is 8. The molecule has 3 rings (SSSR count). The quantitative estimate of drug-likeness (QED) is 0.592. The van der Waals surface area contributed by atoms with E-state index in [1.165, 1.54) is 5.56 Å². The molecule has 1 N–H and O–H groups in total. The third-order valence-electron chi connectivity index (χ3n) is 4.77. The molecular formula is C23H28N2O2. The van der Waals surface area contributed by atoms with Crippen molar-refractivity contribution in [2.75, 3.05) is 13.7 Å². The molecule has 4 heteroatoms. The zero-order valence-corrected chi connectivity index (χ0v) is 16.4. The highest BCUT2D eigenvalue weighted by atomic mass is 16.5. The van der Waals surface area contributed by atoms with Gasteiger partial charge in [-0.15, -0.1) is 0 Å². The number of hydrogen-bond acceptors (Lipinski definition) is 3. The van der Waals surface area contributed by atoms with E-state index in [0.29, 0.717) is 18.5 Å². The smallest absolute Gasteiger partial charge is 0.194 e. The molecule has 0 bridgehead atoms. The van der Waals surface area contributed by atoms with Crippen LogP contribution < -0.4 is 10.2 Å². The molecule has 4 nitrogen and oxygen atoms in total. The van der Waals surface area contributed by atoms with Gasteiger partial charge < -0.3 is 9.72 Å². The van der Waals surface area contributed by atoms with Crippen LogP contribution in [0.4, 0.5) is 0 Å². The Labute approximate surface area is 160 Å². The Morgan fingerprint density at radius 3 is 2.59 bits per heavy atom. The van der Waals surface area contributed by atoms with Gasteiger partial charge in [-0.3, -0.25) is 9.69 Å². The first-order valence-electron chi connectivity index (χ1n) is 9.59. The van der Waals surface area contributed by atoms with Gasteiger partial charge in [-0.25, -0.2) is 0 Å². The van der Waals surface area contributed by atoms with Crippen LogP contribution in [0.3, 0.4) is 0 Å². The summed E-state index contributed by atoms with van der Waals surface area (Å²) in [6.07, 6.45) is 2.10. The number of hydrogen-bond donors (Lipinski definition) is 1. The Balaban J connectivity index is 1.84. The topological polar surface area (TPSA) is 45.3 Å². The lowest BCUT2D eigenvalue weighted by atomic mass is 10.1. The lowest BCUT2D eigenvalue weighted by Gasteiger charge is -2.18. The second-order valence-corrected chi connectivity index (χ2v) is 7.12. The summed E-state index contributed by atoms with van der Waals surface area (Å²) in [5.74, 6) is 0.758. The van der Waals surface area contributed by atoms with E-state index in [1.807, 2.05) is 50.4 Å². The highest BCUT2D eigenvalue weighted by Gasteiger charge is 2.12. The van der Waals surface area contributed by atoms with Gasteiger partial charge in [-0.2, -0.15) is 0 Å². The van der Waals surface area contributed by atoms with Crippen molar-refractivity contribution < 1.29 is 4.74 Å². The Morgan fingerprint density at radius 1 is 1.07 bits per heavy atom. The van der Waals surface area contributed by atoms with Gasteiger partial charge in [0.15, 0.2) is 5.43 Å². The fraction of sp³-hybridized carbons (Fsp3) is 0.348. The van der Waals surface area contributed by atoms with Crippen LogP contribution in [0.15, 0.2) is 53.3 Å². The molecule has 3 aromatic rings. The predicted octanol–water partition coefficient (Wildman–Crippen LogP) is 4.65. The second-order valence-electron chi connectivity index (χ2n) is 7.12. The molecule has 0 radical (unpaired) electrons. The molecule has 1 heterocycles. The first kappa shape index (κ1) is 19.2. The molecule has 0 aliphatic carbocycles. The molecule has 0 aliphatic rings. The summed E-state index contributed by atoms with van der Waals surface area (Å²) in [4.78, 5) is 18.7. The van der Waals surface area contributed by atoms with Gasteiger partial charge in [0.1, 0.15) is 5.75 Å². The van der Waals surface area contributed by atoms with Crippen molar-refractivity contribution in [3.63, 3.8) is 0 Å². The number of nitrogens with zero attached hydrogens (tertiary/aromatic N) is 1. The van der Waals surface area contributed by atoms with Crippen molar-refractivity contribution in [1.29, 1.82) is 0 Å². The lowest BCUT2D eigenvalue weighted by molar-refractivity contribution is 0.309. The van der Waals surface area contributed by atoms with Crippen LogP contribution in [0.25, 0.3) is 10.9 Å². The number of unbranched alkanes of at least 4 members (excludes halogenated alkanes) is 1. The summed E-state index contributed by atoms with van der Waals surface area (Å²) in [7, 11) is 2.04. The van der Waals surface area contributed by atoms with Crippen molar-refractivity contribution in [3.8, 4) is 5.75 Å². The summed E-state index contributed by atoms with van der Waals surface area (Å²) in [6.45, 7) is 6.19. The van der Waals surface area contributed by atoms with E-state index >= 15 is 0 Å². The lowest BCUT2D eigenvalue weighted by Crippen LogP contribution is -2.24. The number of ether oxygens (including phenoxy) is 1. The molecule has 2 aromatic carbocycles. The molecule has 27 heavy (non-hydrogen) atoms. The first-order valence-corrected chi connectivity index (χ1v) is 9.59. The normalized spacial score (nSPS) is 11.3. The molecule has 1 aromatic heterocycles. The third kappa shape index (κ3) is 4.77. The van der Waals surface area contributed by atoms with Crippen LogP contribution >= 0.6 is 0 Å². The highest BCUT2D eigenvalue weighted by Crippen LogP contribution is 2.19. The van der Waals surface area contributed by atoms with Gasteiger partial charge in [0.25, 0.3) is 0 Å². The summed E-state index contributed by atoms with van der Waals surface area (Å²) >= 11 is 0. The molecule has 0 unspecified atom stereocenters. The second kappa shape index (κ2) is 8.87. The maximum Gasteiger partial charge on any atom is 0.194 e. The molecule has 0 atom stereocenters. The van der Waals surface area contributed by atoms with Crippen LogP contribution in [0.5, 0.6) is 5.75 Å². The number of benzene rings is 2. The number of H-pyrrole nitrogens is 1. The van der Waals surface area contributed by atoms with E-state index in [4.69, 9.17) is 4.74 Å². The van der Waals surface area contributed by atoms with Crippen molar-refractivity contribution in [2.24, 2.45) is 0 Å². The maximum absolute atomic E-state index is 13.1. The van der Waals surface area contributed by atoms with Gasteiger partial charge in [-0.1, -0.05) is 43.7 Å². The van der Waals surface area contributed by atoms with Gasteiger partial charge in [0.05, 0.1) is 6.61 Å². The van der Waals surface area contributed by atoms with Crippen LogP contribution in [-0.4, -0.2) is 23.5 Å². The van der Waals surface area contributed by atoms with Crippen molar-refractivity contribution in [2.45, 2.75) is 39.8 Å². The summed E-state index contributed by atoms with van der Waals surface area (Å²) in [5, 5.41) is 0.692. The molecule has 0 saturated heterocycles. The van der Waals surface area contributed by atoms with Crippen LogP contribution in [0.1, 0.15) is 36.6 Å². The van der Waals surface area contributed by atoms with E-state index < -0.39 is 0 Å². The Hall–Kier alpha value is -2.59. The van der Waals surface area contributed by atoms with Gasteiger partial charge in [-0.05, 0) is 44.2 Å². The average Bonchev–Trinajstić information content (AvgIpc) is 2.66. The number of aryl methyl sites for hydroxylation is 1. The molecule has 0 amide bonds. The third-order valence-corrected chi connectivity index (χ3v) is 4.77. The monoisotopic (exact) mass is 364 g/mol. The standard InChI is InChI=1S/C23H28N2O2/c1-4-5-13-27-19-11-12-22-20(14-19)23(26)21(17(2)24-22)16-25(3)15-18-9-7-6-8-10-18/h6-12,14H,4-5,13,15-16H2,1-3H3,(H,24,26). The van der Waals surface area contributed by atoms with Crippen LogP contribution in [-0.2, 0) is 13.1 Å². The molecule has 0 spiro atoms. The fourth-order valence-electron chi connectivity index (χ4n) is 3.27. The van der Waals surface area contributed by atoms with Crippen molar-refractivity contribution >= 4 is 10.9 Å². The predicted molar refractivity (Wildman–Crippen MR) is 111 cm³/mol. The number of aromatic amines is 1.